The van der Waals surface area contributed by atoms with Gasteiger partial charge in [0.05, 0.1) is 4.88 Å². The second-order valence-corrected chi connectivity index (χ2v) is 7.08. The van der Waals surface area contributed by atoms with E-state index in [4.69, 9.17) is 0 Å². The lowest BCUT2D eigenvalue weighted by Gasteiger charge is -2.33. The Bertz CT molecular complexity index is 887. The number of hydrogen-bond acceptors (Lipinski definition) is 6. The molecular formula is C18H19N5OS. The molecule has 0 saturated carbocycles. The molecule has 0 radical (unpaired) electrons. The highest BCUT2D eigenvalue weighted by molar-refractivity contribution is 7.20. The normalized spacial score (nSPS) is 15.5. The van der Waals surface area contributed by atoms with E-state index in [2.05, 4.69) is 25.2 Å². The number of amides is 1. The van der Waals surface area contributed by atoms with Crippen molar-refractivity contribution in [2.45, 2.75) is 18.8 Å². The van der Waals surface area contributed by atoms with Crippen molar-refractivity contribution >= 4 is 33.4 Å². The molecule has 4 rings (SSSR count). The second-order valence-electron chi connectivity index (χ2n) is 6.08. The third-order valence-electron chi connectivity index (χ3n) is 4.67. The van der Waals surface area contributed by atoms with Crippen molar-refractivity contribution in [1.82, 2.24) is 20.3 Å². The van der Waals surface area contributed by atoms with Crippen molar-refractivity contribution in [3.8, 4) is 0 Å². The molecule has 128 valence electrons. The molecule has 1 amide bonds. The lowest BCUT2D eigenvalue weighted by atomic mass is 9.88. The number of pyridine rings is 1. The van der Waals surface area contributed by atoms with E-state index in [0.29, 0.717) is 5.92 Å². The maximum Gasteiger partial charge on any atom is 0.261 e. The smallest absolute Gasteiger partial charge is 0.261 e. The Labute approximate surface area is 149 Å². The number of nitrogens with one attached hydrogen (secondary N) is 1. The fourth-order valence-electron chi connectivity index (χ4n) is 3.44. The molecule has 1 saturated heterocycles. The average molecular weight is 353 g/mol. The Balaban J connectivity index is 1.63. The Morgan fingerprint density at radius 1 is 1.16 bits per heavy atom. The summed E-state index contributed by atoms with van der Waals surface area (Å²) in [7, 11) is 1.67. The summed E-state index contributed by atoms with van der Waals surface area (Å²) in [6.45, 7) is 1.85. The number of anilines is 1. The first kappa shape index (κ1) is 16.0. The zero-order chi connectivity index (χ0) is 17.2. The first-order chi connectivity index (χ1) is 12.3. The zero-order valence-corrected chi connectivity index (χ0v) is 14.8. The molecule has 0 atom stereocenters. The summed E-state index contributed by atoms with van der Waals surface area (Å²) in [6, 6.07) is 5.99. The zero-order valence-electron chi connectivity index (χ0n) is 14.0. The van der Waals surface area contributed by atoms with E-state index in [-0.39, 0.29) is 5.91 Å². The first-order valence-corrected chi connectivity index (χ1v) is 9.21. The molecule has 0 aliphatic carbocycles. The lowest BCUT2D eigenvalue weighted by Crippen LogP contribution is -2.34. The van der Waals surface area contributed by atoms with Crippen LogP contribution in [0.2, 0.25) is 0 Å². The summed E-state index contributed by atoms with van der Waals surface area (Å²) in [5.74, 6) is 1.28. The van der Waals surface area contributed by atoms with Crippen LogP contribution in [0.4, 0.5) is 5.82 Å². The minimum Gasteiger partial charge on any atom is -0.357 e. The molecule has 4 heterocycles. The molecule has 1 aliphatic heterocycles. The average Bonchev–Trinajstić information content (AvgIpc) is 3.08. The Morgan fingerprint density at radius 2 is 1.96 bits per heavy atom. The molecule has 0 unspecified atom stereocenters. The summed E-state index contributed by atoms with van der Waals surface area (Å²) in [4.78, 5) is 29.6. The van der Waals surface area contributed by atoms with Gasteiger partial charge in [-0.2, -0.15) is 0 Å². The molecule has 0 spiro atoms. The van der Waals surface area contributed by atoms with Crippen LogP contribution in [0.5, 0.6) is 0 Å². The van der Waals surface area contributed by atoms with Gasteiger partial charge in [0.2, 0.25) is 0 Å². The van der Waals surface area contributed by atoms with E-state index >= 15 is 0 Å². The maximum absolute atomic E-state index is 12.4. The van der Waals surface area contributed by atoms with Gasteiger partial charge in [0.15, 0.2) is 0 Å². The van der Waals surface area contributed by atoms with Crippen molar-refractivity contribution in [3.05, 3.63) is 47.2 Å². The van der Waals surface area contributed by atoms with E-state index in [9.17, 15) is 4.79 Å². The molecule has 1 fully saturated rings. The predicted octanol–water partition coefficient (Wildman–Crippen LogP) is 2.83. The van der Waals surface area contributed by atoms with Gasteiger partial charge in [0.1, 0.15) is 16.2 Å². The van der Waals surface area contributed by atoms with Crippen molar-refractivity contribution in [3.63, 3.8) is 0 Å². The number of hydrogen-bond donors (Lipinski definition) is 1. The van der Waals surface area contributed by atoms with Gasteiger partial charge >= 0.3 is 0 Å². The molecule has 1 aliphatic rings. The highest BCUT2D eigenvalue weighted by Crippen LogP contribution is 2.39. The standard InChI is InChI=1S/C18H19N5OS/c1-19-17(24)16-14(15-18(25-16)22-9-8-21-15)12-5-10-23(11-6-12)13-4-2-3-7-20-13/h2-4,7-9,12H,5-6,10-11H2,1H3,(H,19,24). The Kier molecular flexibility index (Phi) is 4.31. The summed E-state index contributed by atoms with van der Waals surface area (Å²) in [5, 5.41) is 2.75. The summed E-state index contributed by atoms with van der Waals surface area (Å²) < 4.78 is 0. The molecule has 0 aromatic carbocycles. The molecule has 6 nitrogen and oxygen atoms in total. The molecule has 1 N–H and O–H groups in total. The van der Waals surface area contributed by atoms with E-state index in [0.717, 1.165) is 52.5 Å². The summed E-state index contributed by atoms with van der Waals surface area (Å²) >= 11 is 1.44. The summed E-state index contributed by atoms with van der Waals surface area (Å²) in [6.07, 6.45) is 7.16. The van der Waals surface area contributed by atoms with Crippen LogP contribution < -0.4 is 10.2 Å². The highest BCUT2D eigenvalue weighted by Gasteiger charge is 2.29. The fourth-order valence-corrected chi connectivity index (χ4v) is 4.58. The van der Waals surface area contributed by atoms with Crippen LogP contribution in [0.1, 0.15) is 34.0 Å². The minimum absolute atomic E-state index is 0.0491. The third-order valence-corrected chi connectivity index (χ3v) is 5.77. The SMILES string of the molecule is CNC(=O)c1sc2nccnc2c1C1CCN(c2ccccn2)CC1. The second kappa shape index (κ2) is 6.76. The van der Waals surface area contributed by atoms with Crippen LogP contribution in [0.15, 0.2) is 36.8 Å². The van der Waals surface area contributed by atoms with Crippen molar-refractivity contribution in [2.75, 3.05) is 25.0 Å². The van der Waals surface area contributed by atoms with Gasteiger partial charge in [-0.1, -0.05) is 6.07 Å². The summed E-state index contributed by atoms with van der Waals surface area (Å²) in [5.41, 5.74) is 1.94. The molecule has 7 heteroatoms. The van der Waals surface area contributed by atoms with Gasteiger partial charge < -0.3 is 10.2 Å². The van der Waals surface area contributed by atoms with Crippen LogP contribution in [0, 0.1) is 0 Å². The number of thiophene rings is 1. The molecule has 3 aromatic rings. The number of carbonyl (C=O) groups excluding carboxylic acids is 1. The Hall–Kier alpha value is -2.54. The van der Waals surface area contributed by atoms with E-state index in [1.54, 1.807) is 19.4 Å². The van der Waals surface area contributed by atoms with Crippen LogP contribution in [-0.4, -0.2) is 41.0 Å². The first-order valence-electron chi connectivity index (χ1n) is 8.39. The fraction of sp³-hybridized carbons (Fsp3) is 0.333. The third kappa shape index (κ3) is 2.95. The van der Waals surface area contributed by atoms with Gasteiger partial charge in [-0.3, -0.25) is 9.78 Å². The van der Waals surface area contributed by atoms with Gasteiger partial charge in [-0.05, 0) is 30.9 Å². The maximum atomic E-state index is 12.4. The van der Waals surface area contributed by atoms with Crippen LogP contribution >= 0.6 is 11.3 Å². The van der Waals surface area contributed by atoms with Gasteiger partial charge in [-0.15, -0.1) is 11.3 Å². The van der Waals surface area contributed by atoms with Gasteiger partial charge in [0.25, 0.3) is 5.91 Å². The van der Waals surface area contributed by atoms with Crippen molar-refractivity contribution < 1.29 is 4.79 Å². The Morgan fingerprint density at radius 3 is 2.68 bits per heavy atom. The van der Waals surface area contributed by atoms with E-state index in [1.807, 2.05) is 24.4 Å². The highest BCUT2D eigenvalue weighted by atomic mass is 32.1. The number of carbonyl (C=O) groups is 1. The number of rotatable bonds is 3. The molecule has 0 bridgehead atoms. The van der Waals surface area contributed by atoms with Crippen molar-refractivity contribution in [2.24, 2.45) is 0 Å². The van der Waals surface area contributed by atoms with Gasteiger partial charge in [0, 0.05) is 44.3 Å². The molecule has 25 heavy (non-hydrogen) atoms. The van der Waals surface area contributed by atoms with Crippen molar-refractivity contribution in [1.29, 1.82) is 0 Å². The number of piperidine rings is 1. The number of nitrogens with zero attached hydrogens (tertiary/aromatic N) is 4. The lowest BCUT2D eigenvalue weighted by molar-refractivity contribution is 0.0965. The van der Waals surface area contributed by atoms with Crippen LogP contribution in [-0.2, 0) is 0 Å². The quantitative estimate of drug-likeness (QED) is 0.784. The van der Waals surface area contributed by atoms with Crippen LogP contribution in [0.3, 0.4) is 0 Å². The minimum atomic E-state index is -0.0491. The number of fused-ring (bicyclic) bond motifs is 1. The van der Waals surface area contributed by atoms with E-state index < -0.39 is 0 Å². The van der Waals surface area contributed by atoms with Gasteiger partial charge in [-0.25, -0.2) is 9.97 Å². The van der Waals surface area contributed by atoms with Crippen LogP contribution in [0.25, 0.3) is 10.3 Å². The number of aromatic nitrogens is 3. The molecular weight excluding hydrogens is 334 g/mol. The topological polar surface area (TPSA) is 71.0 Å². The molecule has 3 aromatic heterocycles. The predicted molar refractivity (Wildman–Crippen MR) is 99.2 cm³/mol. The largest absolute Gasteiger partial charge is 0.357 e. The van der Waals surface area contributed by atoms with E-state index in [1.165, 1.54) is 11.3 Å². The monoisotopic (exact) mass is 353 g/mol.